The molecule has 0 amide bonds. The lowest BCUT2D eigenvalue weighted by Gasteiger charge is -2.33. The maximum Gasteiger partial charge on any atom is 0.281 e. The zero-order chi connectivity index (χ0) is 14.2. The monoisotopic (exact) mass is 288 g/mol. The van der Waals surface area contributed by atoms with Crippen LogP contribution in [0.5, 0.6) is 0 Å². The van der Waals surface area contributed by atoms with Crippen LogP contribution in [0.25, 0.3) is 0 Å². The van der Waals surface area contributed by atoms with E-state index in [-0.39, 0.29) is 5.92 Å². The Balaban J connectivity index is 2.36. The first-order chi connectivity index (χ1) is 8.87. The summed E-state index contributed by atoms with van der Waals surface area (Å²) in [5.74, 6) is 0.0102. The summed E-state index contributed by atoms with van der Waals surface area (Å²) < 4.78 is 34.2. The Labute approximate surface area is 113 Å². The largest absolute Gasteiger partial charge is 0.384 e. The number of nitrogens with zero attached hydrogens (tertiary/aromatic N) is 4. The van der Waals surface area contributed by atoms with Crippen molar-refractivity contribution in [3.63, 3.8) is 0 Å². The molecule has 2 rings (SSSR count). The molecule has 8 heteroatoms. The van der Waals surface area contributed by atoms with Gasteiger partial charge < -0.3 is 4.74 Å². The van der Waals surface area contributed by atoms with E-state index in [0.29, 0.717) is 19.7 Å². The average molecular weight is 288 g/mol. The number of aromatic nitrogens is 2. The zero-order valence-electron chi connectivity index (χ0n) is 11.7. The van der Waals surface area contributed by atoms with Crippen LogP contribution in [0, 0.1) is 0 Å². The van der Waals surface area contributed by atoms with E-state index in [2.05, 4.69) is 5.10 Å². The van der Waals surface area contributed by atoms with Gasteiger partial charge in [-0.15, -0.1) is 0 Å². The second-order valence-corrected chi connectivity index (χ2v) is 7.06. The molecule has 1 aromatic rings. The minimum atomic E-state index is -3.41. The molecule has 108 valence electrons. The molecule has 0 fully saturated rings. The summed E-state index contributed by atoms with van der Waals surface area (Å²) in [5, 5.41) is 4.22. The molecule has 0 radical (unpaired) electrons. The molecule has 0 aromatic carbocycles. The highest BCUT2D eigenvalue weighted by molar-refractivity contribution is 7.86. The minimum absolute atomic E-state index is 0.0102. The molecule has 0 aliphatic carbocycles. The summed E-state index contributed by atoms with van der Waals surface area (Å²) in [6, 6.07) is 0. The molecule has 19 heavy (non-hydrogen) atoms. The van der Waals surface area contributed by atoms with Gasteiger partial charge in [0.05, 0.1) is 12.8 Å². The Bertz CT molecular complexity index is 552. The van der Waals surface area contributed by atoms with Crippen LogP contribution in [0.1, 0.15) is 17.2 Å². The van der Waals surface area contributed by atoms with Gasteiger partial charge in [0.25, 0.3) is 10.2 Å². The quantitative estimate of drug-likeness (QED) is 0.768. The van der Waals surface area contributed by atoms with Gasteiger partial charge in [-0.3, -0.25) is 4.68 Å². The predicted octanol–water partition coefficient (Wildman–Crippen LogP) is -0.228. The van der Waals surface area contributed by atoms with Crippen molar-refractivity contribution < 1.29 is 13.2 Å². The molecule has 0 saturated carbocycles. The van der Waals surface area contributed by atoms with Crippen LogP contribution in [0.3, 0.4) is 0 Å². The van der Waals surface area contributed by atoms with Gasteiger partial charge in [-0.2, -0.15) is 22.1 Å². The highest BCUT2D eigenvalue weighted by Gasteiger charge is 2.35. The third kappa shape index (κ3) is 2.53. The standard InChI is InChI=1S/C11H20N4O3S/c1-13(2)19(16,17)15-6-9-5-12-14(3)11(9)10(7-15)8-18-4/h5,10H,6-8H2,1-4H3/t10-/m0/s1. The van der Waals surface area contributed by atoms with Crippen LogP contribution < -0.4 is 0 Å². The SMILES string of the molecule is COC[C@@H]1CN(S(=O)(=O)N(C)C)Cc2cnn(C)c21. The van der Waals surface area contributed by atoms with Gasteiger partial charge in [0.1, 0.15) is 0 Å². The Morgan fingerprint density at radius 3 is 2.79 bits per heavy atom. The number of hydrogen-bond donors (Lipinski definition) is 0. The van der Waals surface area contributed by atoms with E-state index in [1.54, 1.807) is 32.1 Å². The first-order valence-electron chi connectivity index (χ1n) is 6.05. The van der Waals surface area contributed by atoms with Gasteiger partial charge in [-0.25, -0.2) is 0 Å². The number of fused-ring (bicyclic) bond motifs is 1. The summed E-state index contributed by atoms with van der Waals surface area (Å²) >= 11 is 0. The van der Waals surface area contributed by atoms with Crippen LogP contribution >= 0.6 is 0 Å². The maximum absolute atomic E-state index is 12.2. The lowest BCUT2D eigenvalue weighted by Crippen LogP contribution is -2.45. The Morgan fingerprint density at radius 1 is 1.53 bits per heavy atom. The Kier molecular flexibility index (Phi) is 3.95. The Hall–Kier alpha value is -0.960. The molecule has 0 spiro atoms. The third-order valence-electron chi connectivity index (χ3n) is 3.38. The van der Waals surface area contributed by atoms with Crippen LogP contribution in [0.2, 0.25) is 0 Å². The lowest BCUT2D eigenvalue weighted by atomic mass is 9.99. The summed E-state index contributed by atoms with van der Waals surface area (Å²) in [7, 11) is 3.16. The average Bonchev–Trinajstić information content (AvgIpc) is 2.71. The van der Waals surface area contributed by atoms with Crippen LogP contribution in [-0.2, 0) is 28.5 Å². The molecule has 1 aromatic heterocycles. The Morgan fingerprint density at radius 2 is 2.21 bits per heavy atom. The van der Waals surface area contributed by atoms with E-state index in [0.717, 1.165) is 11.3 Å². The van der Waals surface area contributed by atoms with Crippen molar-refractivity contribution >= 4 is 10.2 Å². The molecule has 1 aliphatic rings. The molecule has 1 atom stereocenters. The fourth-order valence-electron chi connectivity index (χ4n) is 2.47. The first-order valence-corrected chi connectivity index (χ1v) is 7.45. The normalized spacial score (nSPS) is 20.8. The van der Waals surface area contributed by atoms with E-state index in [9.17, 15) is 8.42 Å². The van der Waals surface area contributed by atoms with Gasteiger partial charge in [0.15, 0.2) is 0 Å². The molecular weight excluding hydrogens is 268 g/mol. The molecule has 2 heterocycles. The minimum Gasteiger partial charge on any atom is -0.384 e. The number of hydrogen-bond acceptors (Lipinski definition) is 4. The van der Waals surface area contributed by atoms with E-state index >= 15 is 0 Å². The highest BCUT2D eigenvalue weighted by atomic mass is 32.2. The topological polar surface area (TPSA) is 67.7 Å². The summed E-state index contributed by atoms with van der Waals surface area (Å²) in [5.41, 5.74) is 2.01. The summed E-state index contributed by atoms with van der Waals surface area (Å²) in [6.45, 7) is 1.26. The van der Waals surface area contributed by atoms with Gasteiger partial charge in [-0.1, -0.05) is 0 Å². The maximum atomic E-state index is 12.2. The molecule has 1 aliphatic heterocycles. The van der Waals surface area contributed by atoms with Crippen molar-refractivity contribution in [2.45, 2.75) is 12.5 Å². The highest BCUT2D eigenvalue weighted by Crippen LogP contribution is 2.30. The van der Waals surface area contributed by atoms with Crippen molar-refractivity contribution in [1.82, 2.24) is 18.4 Å². The second kappa shape index (κ2) is 5.20. The number of aryl methyl sites for hydroxylation is 1. The number of ether oxygens (including phenoxy) is 1. The van der Waals surface area contributed by atoms with Gasteiger partial charge in [0.2, 0.25) is 0 Å². The smallest absolute Gasteiger partial charge is 0.281 e. The van der Waals surface area contributed by atoms with Crippen molar-refractivity contribution in [3.8, 4) is 0 Å². The fourth-order valence-corrected chi connectivity index (χ4v) is 3.60. The van der Waals surface area contributed by atoms with Gasteiger partial charge in [-0.05, 0) is 0 Å². The fraction of sp³-hybridized carbons (Fsp3) is 0.727. The van der Waals surface area contributed by atoms with E-state index in [1.165, 1.54) is 8.61 Å². The van der Waals surface area contributed by atoms with Gasteiger partial charge >= 0.3 is 0 Å². The summed E-state index contributed by atoms with van der Waals surface area (Å²) in [6.07, 6.45) is 1.73. The van der Waals surface area contributed by atoms with E-state index < -0.39 is 10.2 Å². The third-order valence-corrected chi connectivity index (χ3v) is 5.23. The van der Waals surface area contributed by atoms with Crippen LogP contribution in [0.4, 0.5) is 0 Å². The zero-order valence-corrected chi connectivity index (χ0v) is 12.5. The van der Waals surface area contributed by atoms with Crippen LogP contribution in [0.15, 0.2) is 6.20 Å². The summed E-state index contributed by atoms with van der Waals surface area (Å²) in [4.78, 5) is 0. The molecule has 0 saturated heterocycles. The molecule has 0 unspecified atom stereocenters. The lowest BCUT2D eigenvalue weighted by molar-refractivity contribution is 0.158. The molecule has 0 bridgehead atoms. The molecular formula is C11H20N4O3S. The molecule has 0 N–H and O–H groups in total. The van der Waals surface area contributed by atoms with Crippen molar-refractivity contribution in [1.29, 1.82) is 0 Å². The van der Waals surface area contributed by atoms with E-state index in [4.69, 9.17) is 4.74 Å². The first kappa shape index (κ1) is 14.4. The van der Waals surface area contributed by atoms with Crippen molar-refractivity contribution in [3.05, 3.63) is 17.5 Å². The van der Waals surface area contributed by atoms with Crippen molar-refractivity contribution in [2.75, 3.05) is 34.4 Å². The van der Waals surface area contributed by atoms with Crippen LogP contribution in [-0.4, -0.2) is 61.2 Å². The van der Waals surface area contributed by atoms with Gasteiger partial charge in [0, 0.05) is 58.5 Å². The predicted molar refractivity (Wildman–Crippen MR) is 70.8 cm³/mol. The number of rotatable bonds is 4. The number of methoxy groups -OCH3 is 1. The van der Waals surface area contributed by atoms with E-state index in [1.807, 2.05) is 7.05 Å². The van der Waals surface area contributed by atoms with Crippen molar-refractivity contribution in [2.24, 2.45) is 7.05 Å². The second-order valence-electron chi connectivity index (χ2n) is 4.91. The molecule has 7 nitrogen and oxygen atoms in total.